The van der Waals surface area contributed by atoms with Crippen LogP contribution in [-0.4, -0.2) is 35.9 Å². The number of pyridine rings is 1. The summed E-state index contributed by atoms with van der Waals surface area (Å²) >= 11 is 0. The van der Waals surface area contributed by atoms with E-state index in [1.54, 1.807) is 30.3 Å². The molecule has 1 aliphatic carbocycles. The summed E-state index contributed by atoms with van der Waals surface area (Å²) in [5.41, 5.74) is 2.22. The van der Waals surface area contributed by atoms with Gasteiger partial charge >= 0.3 is 0 Å². The minimum absolute atomic E-state index is 0.0841. The summed E-state index contributed by atoms with van der Waals surface area (Å²) in [6.45, 7) is 0.0841. The average Bonchev–Trinajstić information content (AvgIpc) is 3.23. The van der Waals surface area contributed by atoms with E-state index in [4.69, 9.17) is 19.2 Å². The predicted octanol–water partition coefficient (Wildman–Crippen LogP) is 3.18. The zero-order chi connectivity index (χ0) is 20.8. The fraction of sp³-hybridized carbons (Fsp3) is 0.227. The summed E-state index contributed by atoms with van der Waals surface area (Å²) in [4.78, 5) is 28.9. The van der Waals surface area contributed by atoms with Crippen molar-refractivity contribution in [2.75, 3.05) is 13.9 Å². The number of hydrogen-bond acceptors (Lipinski definition) is 7. The van der Waals surface area contributed by atoms with Gasteiger partial charge in [0, 0.05) is 29.5 Å². The fourth-order valence-electron chi connectivity index (χ4n) is 3.99. The first-order valence-corrected chi connectivity index (χ1v) is 9.51. The molecular formula is C22H18N2O6. The Bertz CT molecular complexity index is 1290. The standard InChI is InChI=1S/C22H18N2O6/c1-28-14-6-12(10-25)5-13(7-14)23-22-15-8-19-20(30-11-29-19)9-17(15)24(27)16-3-2-4-18(26)21(16)22/h5-10,27H,2-4,11H2,1H3. The molecule has 8 heteroatoms. The summed E-state index contributed by atoms with van der Waals surface area (Å²) in [5.74, 6) is 1.42. The summed E-state index contributed by atoms with van der Waals surface area (Å²) in [7, 11) is 1.51. The van der Waals surface area contributed by atoms with Crippen molar-refractivity contribution in [2.45, 2.75) is 19.3 Å². The van der Waals surface area contributed by atoms with Crippen LogP contribution in [0.4, 0.5) is 5.69 Å². The third kappa shape index (κ3) is 2.80. The van der Waals surface area contributed by atoms with E-state index in [1.807, 2.05) is 0 Å². The summed E-state index contributed by atoms with van der Waals surface area (Å²) in [6.07, 6.45) is 2.28. The molecular weight excluding hydrogens is 388 g/mol. The van der Waals surface area contributed by atoms with Gasteiger partial charge in [0.2, 0.25) is 6.79 Å². The van der Waals surface area contributed by atoms with Crippen LogP contribution in [0.25, 0.3) is 10.9 Å². The zero-order valence-electron chi connectivity index (χ0n) is 16.2. The number of carbonyl (C=O) groups excluding carboxylic acids is 2. The van der Waals surface area contributed by atoms with Crippen LogP contribution in [0.3, 0.4) is 0 Å². The van der Waals surface area contributed by atoms with Crippen LogP contribution in [-0.2, 0) is 6.42 Å². The van der Waals surface area contributed by atoms with Crippen molar-refractivity contribution in [3.8, 4) is 17.2 Å². The van der Waals surface area contributed by atoms with E-state index in [0.29, 0.717) is 81.6 Å². The van der Waals surface area contributed by atoms with Crippen LogP contribution in [0.5, 0.6) is 17.2 Å². The number of hydrogen-bond donors (Lipinski definition) is 1. The quantitative estimate of drug-likeness (QED) is 0.530. The third-order valence-electron chi connectivity index (χ3n) is 5.38. The van der Waals surface area contributed by atoms with Gasteiger partial charge in [0.15, 0.2) is 17.3 Å². The molecule has 1 aliphatic heterocycles. The Hall–Kier alpha value is -3.81. The normalized spacial score (nSPS) is 15.4. The maximum atomic E-state index is 12.9. The van der Waals surface area contributed by atoms with Crippen LogP contribution < -0.4 is 19.6 Å². The summed E-state index contributed by atoms with van der Waals surface area (Å²) in [5, 5.41) is 11.8. The van der Waals surface area contributed by atoms with E-state index in [2.05, 4.69) is 0 Å². The van der Waals surface area contributed by atoms with Gasteiger partial charge in [0.05, 0.1) is 34.9 Å². The Labute approximate surface area is 170 Å². The highest BCUT2D eigenvalue weighted by Crippen LogP contribution is 2.36. The number of ether oxygens (including phenoxy) is 3. The minimum atomic E-state index is -0.0872. The van der Waals surface area contributed by atoms with E-state index in [9.17, 15) is 14.8 Å². The first-order valence-electron chi connectivity index (χ1n) is 9.51. The van der Waals surface area contributed by atoms with Crippen LogP contribution in [0, 0.1) is 0 Å². The van der Waals surface area contributed by atoms with Crippen molar-refractivity contribution in [2.24, 2.45) is 4.99 Å². The van der Waals surface area contributed by atoms with Crippen molar-refractivity contribution >= 4 is 28.7 Å². The molecule has 0 radical (unpaired) electrons. The molecule has 1 N–H and O–H groups in total. The number of Topliss-reactive ketones (excluding diaryl/α,β-unsaturated/α-hetero) is 1. The smallest absolute Gasteiger partial charge is 0.231 e. The number of aldehydes is 1. The molecule has 0 spiro atoms. The predicted molar refractivity (Wildman–Crippen MR) is 106 cm³/mol. The lowest BCUT2D eigenvalue weighted by atomic mass is 9.92. The lowest BCUT2D eigenvalue weighted by Gasteiger charge is -2.20. The average molecular weight is 406 g/mol. The fourth-order valence-corrected chi connectivity index (χ4v) is 3.99. The monoisotopic (exact) mass is 406 g/mol. The molecule has 1 aromatic heterocycles. The number of fused-ring (bicyclic) bond motifs is 3. The molecule has 30 heavy (non-hydrogen) atoms. The first-order chi connectivity index (χ1) is 14.6. The molecule has 0 atom stereocenters. The Morgan fingerprint density at radius 1 is 1.13 bits per heavy atom. The second kappa shape index (κ2) is 6.91. The molecule has 2 aromatic carbocycles. The number of ketones is 1. The van der Waals surface area contributed by atoms with Crippen molar-refractivity contribution < 1.29 is 29.0 Å². The van der Waals surface area contributed by atoms with Crippen LogP contribution in [0.1, 0.15) is 39.3 Å². The van der Waals surface area contributed by atoms with E-state index < -0.39 is 0 Å². The molecule has 0 bridgehead atoms. The number of benzene rings is 2. The van der Waals surface area contributed by atoms with E-state index in [0.717, 1.165) is 4.73 Å². The summed E-state index contributed by atoms with van der Waals surface area (Å²) in [6, 6.07) is 8.31. The number of rotatable bonds is 3. The number of aromatic nitrogens is 1. The minimum Gasteiger partial charge on any atom is -0.497 e. The number of methoxy groups -OCH3 is 1. The Morgan fingerprint density at radius 3 is 2.70 bits per heavy atom. The van der Waals surface area contributed by atoms with Crippen molar-refractivity contribution in [1.29, 1.82) is 0 Å². The van der Waals surface area contributed by atoms with Gasteiger partial charge in [-0.3, -0.25) is 9.59 Å². The van der Waals surface area contributed by atoms with Gasteiger partial charge in [0.25, 0.3) is 0 Å². The zero-order valence-corrected chi connectivity index (χ0v) is 16.2. The van der Waals surface area contributed by atoms with Crippen molar-refractivity contribution in [3.05, 3.63) is 52.5 Å². The second-order valence-electron chi connectivity index (χ2n) is 7.18. The van der Waals surface area contributed by atoms with Crippen LogP contribution in [0.2, 0.25) is 0 Å². The van der Waals surface area contributed by atoms with Gasteiger partial charge in [-0.2, -0.15) is 4.73 Å². The first kappa shape index (κ1) is 18.2. The van der Waals surface area contributed by atoms with Gasteiger partial charge in [-0.25, -0.2) is 4.99 Å². The molecule has 0 saturated heterocycles. The van der Waals surface area contributed by atoms with Gasteiger partial charge < -0.3 is 19.4 Å². The van der Waals surface area contributed by atoms with Gasteiger partial charge in [-0.05, 0) is 31.0 Å². The molecule has 0 fully saturated rings. The lowest BCUT2D eigenvalue weighted by molar-refractivity contribution is 0.0958. The molecule has 0 unspecified atom stereocenters. The highest BCUT2D eigenvalue weighted by atomic mass is 16.7. The SMILES string of the molecule is COc1cc(C=O)cc(N=c2c3c(n(O)c4cc5c(cc24)OCO5)CCCC3=O)c1. The summed E-state index contributed by atoms with van der Waals surface area (Å²) < 4.78 is 17.3. The topological polar surface area (TPSA) is 99.3 Å². The van der Waals surface area contributed by atoms with E-state index in [1.165, 1.54) is 7.11 Å². The van der Waals surface area contributed by atoms with Gasteiger partial charge in [0.1, 0.15) is 12.0 Å². The van der Waals surface area contributed by atoms with E-state index in [-0.39, 0.29) is 12.6 Å². The molecule has 152 valence electrons. The molecule has 0 amide bonds. The van der Waals surface area contributed by atoms with Gasteiger partial charge in [-0.15, -0.1) is 0 Å². The molecule has 2 aliphatic rings. The molecule has 0 saturated carbocycles. The maximum absolute atomic E-state index is 12.9. The molecule has 2 heterocycles. The Morgan fingerprint density at radius 2 is 1.93 bits per heavy atom. The molecule has 5 rings (SSSR count). The largest absolute Gasteiger partial charge is 0.497 e. The van der Waals surface area contributed by atoms with Crippen molar-refractivity contribution in [1.82, 2.24) is 4.73 Å². The molecule has 8 nitrogen and oxygen atoms in total. The van der Waals surface area contributed by atoms with Crippen LogP contribution >= 0.6 is 0 Å². The Kier molecular flexibility index (Phi) is 4.20. The second-order valence-corrected chi connectivity index (χ2v) is 7.18. The molecule has 3 aromatic rings. The number of carbonyl (C=O) groups is 2. The highest BCUT2D eigenvalue weighted by molar-refractivity contribution is 6.01. The highest BCUT2D eigenvalue weighted by Gasteiger charge is 2.27. The van der Waals surface area contributed by atoms with E-state index >= 15 is 0 Å². The van der Waals surface area contributed by atoms with Crippen LogP contribution in [0.15, 0.2) is 35.3 Å². The Balaban J connectivity index is 1.90. The third-order valence-corrected chi connectivity index (χ3v) is 5.38. The number of nitrogens with zero attached hydrogens (tertiary/aromatic N) is 2. The van der Waals surface area contributed by atoms with Gasteiger partial charge in [-0.1, -0.05) is 0 Å². The van der Waals surface area contributed by atoms with Crippen molar-refractivity contribution in [3.63, 3.8) is 0 Å². The lowest BCUT2D eigenvalue weighted by Crippen LogP contribution is -2.27. The maximum Gasteiger partial charge on any atom is 0.231 e.